The Kier molecular flexibility index (Phi) is 4.20. The van der Waals surface area contributed by atoms with E-state index in [2.05, 4.69) is 0 Å². The summed E-state index contributed by atoms with van der Waals surface area (Å²) in [5.74, 6) is 0.0498. The molecular formula is C14H17F3N2O. The highest BCUT2D eigenvalue weighted by atomic mass is 19.4. The first-order valence-corrected chi connectivity index (χ1v) is 6.62. The van der Waals surface area contributed by atoms with Crippen molar-refractivity contribution in [3.63, 3.8) is 0 Å². The van der Waals surface area contributed by atoms with Gasteiger partial charge in [-0.25, -0.2) is 0 Å². The third kappa shape index (κ3) is 3.05. The second-order valence-corrected chi connectivity index (χ2v) is 4.74. The second-order valence-electron chi connectivity index (χ2n) is 4.74. The van der Waals surface area contributed by atoms with Gasteiger partial charge in [0.05, 0.1) is 5.56 Å². The van der Waals surface area contributed by atoms with Gasteiger partial charge in [-0.1, -0.05) is 19.1 Å². The minimum Gasteiger partial charge on any atom is -0.367 e. The fourth-order valence-electron chi connectivity index (χ4n) is 2.41. The number of carbonyl (C=O) groups excluding carboxylic acids is 1. The first-order chi connectivity index (χ1) is 9.43. The van der Waals surface area contributed by atoms with Gasteiger partial charge >= 0.3 is 6.18 Å². The van der Waals surface area contributed by atoms with E-state index < -0.39 is 11.7 Å². The van der Waals surface area contributed by atoms with Crippen LogP contribution in [0.2, 0.25) is 0 Å². The van der Waals surface area contributed by atoms with E-state index in [0.29, 0.717) is 32.6 Å². The topological polar surface area (TPSA) is 23.6 Å². The molecule has 20 heavy (non-hydrogen) atoms. The summed E-state index contributed by atoms with van der Waals surface area (Å²) in [4.78, 5) is 15.0. The summed E-state index contributed by atoms with van der Waals surface area (Å²) < 4.78 is 38.9. The number of carbonyl (C=O) groups is 1. The molecule has 0 atom stereocenters. The zero-order valence-corrected chi connectivity index (χ0v) is 11.3. The van der Waals surface area contributed by atoms with Crippen molar-refractivity contribution in [3.8, 4) is 0 Å². The second kappa shape index (κ2) is 5.73. The van der Waals surface area contributed by atoms with Crippen LogP contribution in [-0.4, -0.2) is 37.0 Å². The minimum absolute atomic E-state index is 0.0498. The van der Waals surface area contributed by atoms with E-state index in [0.717, 1.165) is 6.07 Å². The van der Waals surface area contributed by atoms with Crippen LogP contribution >= 0.6 is 0 Å². The molecule has 1 saturated heterocycles. The first kappa shape index (κ1) is 14.7. The molecule has 0 bridgehead atoms. The smallest absolute Gasteiger partial charge is 0.367 e. The average Bonchev–Trinajstić information content (AvgIpc) is 2.46. The highest BCUT2D eigenvalue weighted by Gasteiger charge is 2.35. The van der Waals surface area contributed by atoms with Crippen molar-refractivity contribution in [3.05, 3.63) is 29.8 Å². The summed E-state index contributed by atoms with van der Waals surface area (Å²) in [6.45, 7) is 3.59. The molecule has 0 aromatic heterocycles. The molecule has 0 N–H and O–H groups in total. The molecule has 0 aliphatic carbocycles. The van der Waals surface area contributed by atoms with Crippen LogP contribution in [0.3, 0.4) is 0 Å². The number of benzene rings is 1. The Hall–Kier alpha value is -1.72. The predicted molar refractivity (Wildman–Crippen MR) is 70.5 cm³/mol. The molecule has 0 spiro atoms. The lowest BCUT2D eigenvalue weighted by Gasteiger charge is -2.37. The predicted octanol–water partition coefficient (Wildman–Crippen LogP) is 2.76. The van der Waals surface area contributed by atoms with E-state index >= 15 is 0 Å². The minimum atomic E-state index is -4.35. The van der Waals surface area contributed by atoms with Crippen molar-refractivity contribution in [2.45, 2.75) is 19.5 Å². The number of alkyl halides is 3. The van der Waals surface area contributed by atoms with Gasteiger partial charge < -0.3 is 9.80 Å². The van der Waals surface area contributed by atoms with Crippen LogP contribution in [0.5, 0.6) is 0 Å². The van der Waals surface area contributed by atoms with Gasteiger partial charge in [0.2, 0.25) is 5.91 Å². The number of para-hydroxylation sites is 1. The van der Waals surface area contributed by atoms with Crippen molar-refractivity contribution in [1.29, 1.82) is 0 Å². The molecule has 1 aliphatic rings. The lowest BCUT2D eigenvalue weighted by atomic mass is 10.1. The Balaban J connectivity index is 2.13. The van der Waals surface area contributed by atoms with E-state index in [-0.39, 0.29) is 11.6 Å². The monoisotopic (exact) mass is 286 g/mol. The average molecular weight is 286 g/mol. The number of rotatable bonds is 2. The molecule has 2 rings (SSSR count). The molecule has 1 aromatic rings. The maximum absolute atomic E-state index is 13.0. The number of hydrogen-bond donors (Lipinski definition) is 0. The van der Waals surface area contributed by atoms with E-state index in [4.69, 9.17) is 0 Å². The van der Waals surface area contributed by atoms with Crippen molar-refractivity contribution >= 4 is 11.6 Å². The van der Waals surface area contributed by atoms with Crippen molar-refractivity contribution in [2.75, 3.05) is 31.1 Å². The van der Waals surface area contributed by atoms with Gasteiger partial charge in [0.25, 0.3) is 0 Å². The number of hydrogen-bond acceptors (Lipinski definition) is 2. The van der Waals surface area contributed by atoms with Crippen LogP contribution in [0.4, 0.5) is 18.9 Å². The highest BCUT2D eigenvalue weighted by Crippen LogP contribution is 2.36. The van der Waals surface area contributed by atoms with Gasteiger partial charge in [0.1, 0.15) is 0 Å². The van der Waals surface area contributed by atoms with E-state index in [9.17, 15) is 18.0 Å². The van der Waals surface area contributed by atoms with Gasteiger partial charge in [0, 0.05) is 38.3 Å². The molecule has 110 valence electrons. The van der Waals surface area contributed by atoms with Crippen LogP contribution in [0.1, 0.15) is 18.9 Å². The first-order valence-electron chi connectivity index (χ1n) is 6.62. The van der Waals surface area contributed by atoms with Gasteiger partial charge in [-0.3, -0.25) is 4.79 Å². The van der Waals surface area contributed by atoms with Gasteiger partial charge in [0.15, 0.2) is 0 Å². The molecule has 1 fully saturated rings. The summed E-state index contributed by atoms with van der Waals surface area (Å²) in [6.07, 6.45) is -3.92. The lowest BCUT2D eigenvalue weighted by Crippen LogP contribution is -2.49. The van der Waals surface area contributed by atoms with Crippen LogP contribution in [-0.2, 0) is 11.0 Å². The Morgan fingerprint density at radius 2 is 1.75 bits per heavy atom. The Bertz CT molecular complexity index is 480. The lowest BCUT2D eigenvalue weighted by molar-refractivity contribution is -0.137. The molecule has 0 radical (unpaired) electrons. The summed E-state index contributed by atoms with van der Waals surface area (Å²) >= 11 is 0. The highest BCUT2D eigenvalue weighted by molar-refractivity contribution is 5.76. The summed E-state index contributed by atoms with van der Waals surface area (Å²) in [7, 11) is 0. The normalized spacial score (nSPS) is 16.4. The van der Waals surface area contributed by atoms with Crippen molar-refractivity contribution in [2.24, 2.45) is 0 Å². The van der Waals surface area contributed by atoms with Crippen LogP contribution in [0.25, 0.3) is 0 Å². The quantitative estimate of drug-likeness (QED) is 0.834. The van der Waals surface area contributed by atoms with Crippen molar-refractivity contribution < 1.29 is 18.0 Å². The molecule has 1 heterocycles. The van der Waals surface area contributed by atoms with E-state index in [1.54, 1.807) is 22.8 Å². The Morgan fingerprint density at radius 3 is 2.30 bits per heavy atom. The molecule has 1 amide bonds. The van der Waals surface area contributed by atoms with Gasteiger partial charge in [-0.15, -0.1) is 0 Å². The molecule has 3 nitrogen and oxygen atoms in total. The standard InChI is InChI=1S/C14H17F3N2O/c1-2-13(20)19-9-7-18(8-10-19)12-6-4-3-5-11(12)14(15,16)17/h3-6H,2,7-10H2,1H3. The fraction of sp³-hybridized carbons (Fsp3) is 0.500. The third-order valence-corrected chi connectivity index (χ3v) is 3.48. The van der Waals surface area contributed by atoms with Gasteiger partial charge in [-0.2, -0.15) is 13.2 Å². The SMILES string of the molecule is CCC(=O)N1CCN(c2ccccc2C(F)(F)F)CC1. The molecule has 0 unspecified atom stereocenters. The number of piperazine rings is 1. The third-order valence-electron chi connectivity index (χ3n) is 3.48. The zero-order chi connectivity index (χ0) is 14.8. The summed E-state index contributed by atoms with van der Waals surface area (Å²) in [6, 6.07) is 5.58. The van der Waals surface area contributed by atoms with E-state index in [1.165, 1.54) is 12.1 Å². The summed E-state index contributed by atoms with van der Waals surface area (Å²) in [5, 5.41) is 0. The maximum Gasteiger partial charge on any atom is 0.418 e. The molecule has 1 aromatic carbocycles. The maximum atomic E-state index is 13.0. The van der Waals surface area contributed by atoms with Crippen LogP contribution in [0.15, 0.2) is 24.3 Å². The Labute approximate surface area is 116 Å². The number of anilines is 1. The summed E-state index contributed by atoms with van der Waals surface area (Å²) in [5.41, 5.74) is -0.418. The van der Waals surface area contributed by atoms with Crippen molar-refractivity contribution in [1.82, 2.24) is 4.90 Å². The van der Waals surface area contributed by atoms with Crippen LogP contribution in [0, 0.1) is 0 Å². The largest absolute Gasteiger partial charge is 0.418 e. The molecular weight excluding hydrogens is 269 g/mol. The number of halogens is 3. The molecule has 0 saturated carbocycles. The number of amides is 1. The molecule has 6 heteroatoms. The van der Waals surface area contributed by atoms with Crippen LogP contribution < -0.4 is 4.90 Å². The molecule has 1 aliphatic heterocycles. The fourth-order valence-corrected chi connectivity index (χ4v) is 2.41. The van der Waals surface area contributed by atoms with E-state index in [1.807, 2.05) is 0 Å². The zero-order valence-electron chi connectivity index (χ0n) is 11.3. The Morgan fingerprint density at radius 1 is 1.15 bits per heavy atom. The number of nitrogens with zero attached hydrogens (tertiary/aromatic N) is 2. The van der Waals surface area contributed by atoms with Gasteiger partial charge in [-0.05, 0) is 12.1 Å².